The zero-order valence-corrected chi connectivity index (χ0v) is 8.45. The second kappa shape index (κ2) is 4.65. The first-order chi connectivity index (χ1) is 7.00. The number of rotatable bonds is 3. The Labute approximate surface area is 90.9 Å². The van der Waals surface area contributed by atoms with E-state index in [0.29, 0.717) is 5.69 Å². The summed E-state index contributed by atoms with van der Waals surface area (Å²) in [5.41, 5.74) is 10.8. The highest BCUT2D eigenvalue weighted by atomic mass is 35.5. The molecule has 1 amide bonds. The second-order valence-corrected chi connectivity index (χ2v) is 3.19. The minimum atomic E-state index is -0.727. The molecule has 0 saturated heterocycles. The van der Waals surface area contributed by atoms with Gasteiger partial charge in [0, 0.05) is 5.69 Å². The molecule has 1 rings (SSSR count). The van der Waals surface area contributed by atoms with Crippen molar-refractivity contribution in [2.45, 2.75) is 0 Å². The van der Waals surface area contributed by atoms with Gasteiger partial charge in [-0.2, -0.15) is 0 Å². The lowest BCUT2D eigenvalue weighted by Gasteiger charge is -2.04. The van der Waals surface area contributed by atoms with Gasteiger partial charge in [-0.25, -0.2) is 4.79 Å². The number of esters is 1. The van der Waals surface area contributed by atoms with E-state index >= 15 is 0 Å². The van der Waals surface area contributed by atoms with Crippen molar-refractivity contribution in [2.75, 3.05) is 12.3 Å². The van der Waals surface area contributed by atoms with Crippen LogP contribution in [-0.2, 0) is 9.53 Å². The normalized spacial score (nSPS) is 9.67. The minimum Gasteiger partial charge on any atom is -0.452 e. The van der Waals surface area contributed by atoms with E-state index in [4.69, 9.17) is 23.1 Å². The van der Waals surface area contributed by atoms with Crippen LogP contribution in [0.4, 0.5) is 5.69 Å². The van der Waals surface area contributed by atoms with Gasteiger partial charge >= 0.3 is 5.97 Å². The smallest absolute Gasteiger partial charge is 0.340 e. The quantitative estimate of drug-likeness (QED) is 0.584. The SMILES string of the molecule is NC(=O)COC(=O)c1ccc(N)cc1Cl. The molecule has 0 unspecified atom stereocenters. The van der Waals surface area contributed by atoms with Crippen molar-refractivity contribution in [3.63, 3.8) is 0 Å². The van der Waals surface area contributed by atoms with Crippen molar-refractivity contribution in [1.82, 2.24) is 0 Å². The van der Waals surface area contributed by atoms with Gasteiger partial charge in [-0.05, 0) is 18.2 Å². The summed E-state index contributed by atoms with van der Waals surface area (Å²) in [6.07, 6.45) is 0. The Balaban J connectivity index is 2.78. The van der Waals surface area contributed by atoms with Crippen LogP contribution < -0.4 is 11.5 Å². The summed E-state index contributed by atoms with van der Waals surface area (Å²) in [5.74, 6) is -1.44. The summed E-state index contributed by atoms with van der Waals surface area (Å²) in [5, 5.41) is 0.171. The molecule has 0 aliphatic rings. The van der Waals surface area contributed by atoms with Crippen molar-refractivity contribution >= 4 is 29.2 Å². The number of ether oxygens (including phenoxy) is 1. The third kappa shape index (κ3) is 3.14. The predicted octanol–water partition coefficient (Wildman–Crippen LogP) is 0.564. The number of carbonyl (C=O) groups is 2. The first-order valence-electron chi connectivity index (χ1n) is 4.01. The number of nitrogens with two attached hydrogens (primary N) is 2. The number of anilines is 1. The molecule has 0 fully saturated rings. The highest BCUT2D eigenvalue weighted by Crippen LogP contribution is 2.19. The number of benzene rings is 1. The lowest BCUT2D eigenvalue weighted by atomic mass is 10.2. The Hall–Kier alpha value is -1.75. The average molecular weight is 229 g/mol. The van der Waals surface area contributed by atoms with Crippen LogP contribution in [0, 0.1) is 0 Å². The lowest BCUT2D eigenvalue weighted by Crippen LogP contribution is -2.21. The molecule has 1 aromatic rings. The van der Waals surface area contributed by atoms with Gasteiger partial charge in [0.2, 0.25) is 0 Å². The van der Waals surface area contributed by atoms with Crippen LogP contribution in [0.2, 0.25) is 5.02 Å². The Morgan fingerprint density at radius 2 is 2.07 bits per heavy atom. The van der Waals surface area contributed by atoms with Crippen molar-refractivity contribution in [3.8, 4) is 0 Å². The van der Waals surface area contributed by atoms with Gasteiger partial charge in [0.1, 0.15) is 0 Å². The zero-order chi connectivity index (χ0) is 11.4. The predicted molar refractivity (Wildman–Crippen MR) is 55.3 cm³/mol. The molecule has 0 saturated carbocycles. The lowest BCUT2D eigenvalue weighted by molar-refractivity contribution is -0.121. The Kier molecular flexibility index (Phi) is 3.51. The number of nitrogen functional groups attached to an aromatic ring is 1. The zero-order valence-electron chi connectivity index (χ0n) is 7.70. The molecule has 0 atom stereocenters. The van der Waals surface area contributed by atoms with Gasteiger partial charge in [0.15, 0.2) is 6.61 Å². The summed E-state index contributed by atoms with van der Waals surface area (Å²) in [7, 11) is 0. The van der Waals surface area contributed by atoms with Gasteiger partial charge in [0.25, 0.3) is 5.91 Å². The summed E-state index contributed by atoms with van der Waals surface area (Å²) in [6, 6.07) is 4.34. The maximum atomic E-state index is 11.3. The number of primary amides is 1. The number of amides is 1. The number of hydrogen-bond donors (Lipinski definition) is 2. The van der Waals surface area contributed by atoms with E-state index in [1.807, 2.05) is 0 Å². The van der Waals surface area contributed by atoms with Crippen LogP contribution in [0.25, 0.3) is 0 Å². The number of hydrogen-bond acceptors (Lipinski definition) is 4. The fourth-order valence-corrected chi connectivity index (χ4v) is 1.18. The molecule has 0 aliphatic carbocycles. The van der Waals surface area contributed by atoms with Crippen molar-refractivity contribution in [1.29, 1.82) is 0 Å². The molecular weight excluding hydrogens is 220 g/mol. The van der Waals surface area contributed by atoms with Gasteiger partial charge < -0.3 is 16.2 Å². The van der Waals surface area contributed by atoms with E-state index in [-0.39, 0.29) is 10.6 Å². The van der Waals surface area contributed by atoms with E-state index < -0.39 is 18.5 Å². The summed E-state index contributed by atoms with van der Waals surface area (Å²) < 4.78 is 4.57. The standard InChI is InChI=1S/C9H9ClN2O3/c10-7-3-5(11)1-2-6(7)9(14)15-4-8(12)13/h1-3H,4,11H2,(H2,12,13). The molecule has 6 heteroatoms. The van der Waals surface area contributed by atoms with Crippen molar-refractivity contribution in [2.24, 2.45) is 5.73 Å². The Morgan fingerprint density at radius 3 is 2.60 bits per heavy atom. The molecular formula is C9H9ClN2O3. The van der Waals surface area contributed by atoms with Crippen LogP contribution >= 0.6 is 11.6 Å². The van der Waals surface area contributed by atoms with Crippen LogP contribution in [0.5, 0.6) is 0 Å². The Morgan fingerprint density at radius 1 is 1.40 bits per heavy atom. The van der Waals surface area contributed by atoms with Gasteiger partial charge in [-0.3, -0.25) is 4.79 Å². The van der Waals surface area contributed by atoms with Crippen molar-refractivity contribution < 1.29 is 14.3 Å². The average Bonchev–Trinajstić information content (AvgIpc) is 2.14. The van der Waals surface area contributed by atoms with E-state index in [0.717, 1.165) is 0 Å². The third-order valence-electron chi connectivity index (χ3n) is 1.56. The van der Waals surface area contributed by atoms with E-state index in [2.05, 4.69) is 4.74 Å². The van der Waals surface area contributed by atoms with Gasteiger partial charge in [0.05, 0.1) is 10.6 Å². The van der Waals surface area contributed by atoms with Crippen LogP contribution in [0.1, 0.15) is 10.4 Å². The molecule has 5 nitrogen and oxygen atoms in total. The van der Waals surface area contributed by atoms with Crippen LogP contribution in [0.3, 0.4) is 0 Å². The topological polar surface area (TPSA) is 95.4 Å². The number of carbonyl (C=O) groups excluding carboxylic acids is 2. The van der Waals surface area contributed by atoms with E-state index in [1.165, 1.54) is 18.2 Å². The minimum absolute atomic E-state index is 0.145. The molecule has 4 N–H and O–H groups in total. The van der Waals surface area contributed by atoms with Gasteiger partial charge in [-0.1, -0.05) is 11.6 Å². The molecule has 0 bridgehead atoms. The monoisotopic (exact) mass is 228 g/mol. The largest absolute Gasteiger partial charge is 0.452 e. The molecule has 1 aromatic carbocycles. The molecule has 0 aliphatic heterocycles. The Bertz CT molecular complexity index is 406. The molecule has 80 valence electrons. The second-order valence-electron chi connectivity index (χ2n) is 2.78. The van der Waals surface area contributed by atoms with Crippen LogP contribution in [0.15, 0.2) is 18.2 Å². The van der Waals surface area contributed by atoms with E-state index in [9.17, 15) is 9.59 Å². The first-order valence-corrected chi connectivity index (χ1v) is 4.39. The van der Waals surface area contributed by atoms with Crippen molar-refractivity contribution in [3.05, 3.63) is 28.8 Å². The van der Waals surface area contributed by atoms with Gasteiger partial charge in [-0.15, -0.1) is 0 Å². The number of halogens is 1. The molecule has 0 spiro atoms. The maximum Gasteiger partial charge on any atom is 0.340 e. The third-order valence-corrected chi connectivity index (χ3v) is 1.87. The summed E-state index contributed by atoms with van der Waals surface area (Å²) in [6.45, 7) is -0.473. The van der Waals surface area contributed by atoms with Crippen LogP contribution in [-0.4, -0.2) is 18.5 Å². The highest BCUT2D eigenvalue weighted by molar-refractivity contribution is 6.33. The fourth-order valence-electron chi connectivity index (χ4n) is 0.911. The first kappa shape index (κ1) is 11.3. The summed E-state index contributed by atoms with van der Waals surface area (Å²) in [4.78, 5) is 21.7. The molecule has 15 heavy (non-hydrogen) atoms. The van der Waals surface area contributed by atoms with E-state index in [1.54, 1.807) is 0 Å². The summed E-state index contributed by atoms with van der Waals surface area (Å²) >= 11 is 5.74. The molecule has 0 heterocycles. The highest BCUT2D eigenvalue weighted by Gasteiger charge is 2.12. The maximum absolute atomic E-state index is 11.3. The molecule has 0 radical (unpaired) electrons. The fraction of sp³-hybridized carbons (Fsp3) is 0.111. The molecule has 0 aromatic heterocycles.